The summed E-state index contributed by atoms with van der Waals surface area (Å²) in [7, 11) is 1.60. The molecule has 2 unspecified atom stereocenters. The van der Waals surface area contributed by atoms with Crippen LogP contribution in [0, 0.1) is 11.8 Å². The van der Waals surface area contributed by atoms with Crippen molar-refractivity contribution in [1.82, 2.24) is 4.90 Å². The molecule has 0 aliphatic carbocycles. The van der Waals surface area contributed by atoms with Crippen molar-refractivity contribution in [1.29, 1.82) is 0 Å². The van der Waals surface area contributed by atoms with E-state index in [9.17, 15) is 14.7 Å². The Morgan fingerprint density at radius 1 is 1.30 bits per heavy atom. The van der Waals surface area contributed by atoms with Gasteiger partial charge in [0.05, 0.1) is 12.5 Å². The summed E-state index contributed by atoms with van der Waals surface area (Å²) in [5, 5.41) is 9.22. The van der Waals surface area contributed by atoms with Crippen LogP contribution in [0.25, 0.3) is 0 Å². The second-order valence-electron chi connectivity index (χ2n) is 5.96. The number of methoxy groups -OCH3 is 1. The fourth-order valence-corrected chi connectivity index (χ4v) is 2.84. The van der Waals surface area contributed by atoms with Crippen molar-refractivity contribution in [2.24, 2.45) is 11.8 Å². The zero-order valence-corrected chi connectivity index (χ0v) is 13.5. The molecule has 0 radical (unpaired) electrons. The van der Waals surface area contributed by atoms with Crippen molar-refractivity contribution in [2.75, 3.05) is 33.4 Å². The number of rotatable bonds is 6. The lowest BCUT2D eigenvalue weighted by Crippen LogP contribution is -2.45. The van der Waals surface area contributed by atoms with Crippen LogP contribution in [0.2, 0.25) is 0 Å². The van der Waals surface area contributed by atoms with E-state index < -0.39 is 11.9 Å². The Morgan fingerprint density at radius 3 is 2.78 bits per heavy atom. The molecule has 1 amide bonds. The molecule has 1 heterocycles. The number of likely N-dealkylation sites (tertiary alicyclic amines) is 1. The first kappa shape index (κ1) is 17.3. The van der Waals surface area contributed by atoms with Gasteiger partial charge in [-0.15, -0.1) is 0 Å². The van der Waals surface area contributed by atoms with Gasteiger partial charge in [0.1, 0.15) is 12.4 Å². The van der Waals surface area contributed by atoms with Crippen molar-refractivity contribution >= 4 is 11.9 Å². The van der Waals surface area contributed by atoms with E-state index in [1.54, 1.807) is 36.3 Å². The van der Waals surface area contributed by atoms with E-state index in [4.69, 9.17) is 9.47 Å². The van der Waals surface area contributed by atoms with Crippen LogP contribution >= 0.6 is 0 Å². The van der Waals surface area contributed by atoms with Crippen LogP contribution in [0.4, 0.5) is 0 Å². The molecule has 0 aromatic heterocycles. The Morgan fingerprint density at radius 2 is 2.09 bits per heavy atom. The highest BCUT2D eigenvalue weighted by Gasteiger charge is 2.32. The number of benzene rings is 1. The minimum absolute atomic E-state index is 0.153. The molecule has 0 spiro atoms. The molecule has 6 heteroatoms. The highest BCUT2D eigenvalue weighted by molar-refractivity contribution is 5.95. The number of carbonyl (C=O) groups is 2. The van der Waals surface area contributed by atoms with Gasteiger partial charge in [0.15, 0.2) is 0 Å². The third-order valence-electron chi connectivity index (χ3n) is 3.93. The van der Waals surface area contributed by atoms with Gasteiger partial charge in [-0.05, 0) is 30.5 Å². The van der Waals surface area contributed by atoms with Gasteiger partial charge in [-0.1, -0.05) is 13.0 Å². The zero-order chi connectivity index (χ0) is 16.8. The number of hydrogen-bond acceptors (Lipinski definition) is 4. The first-order valence-electron chi connectivity index (χ1n) is 7.75. The number of carboxylic acid groups (broad SMARTS) is 1. The molecule has 1 N–H and O–H groups in total. The largest absolute Gasteiger partial charge is 0.491 e. The molecule has 6 nitrogen and oxygen atoms in total. The molecule has 1 fully saturated rings. The highest BCUT2D eigenvalue weighted by Crippen LogP contribution is 2.24. The first-order valence-corrected chi connectivity index (χ1v) is 7.75. The minimum atomic E-state index is -0.842. The maximum atomic E-state index is 12.6. The fraction of sp³-hybridized carbons (Fsp3) is 0.529. The number of nitrogens with zero attached hydrogens (tertiary/aromatic N) is 1. The molecule has 1 aliphatic rings. The van der Waals surface area contributed by atoms with Gasteiger partial charge in [0.25, 0.3) is 5.91 Å². The summed E-state index contributed by atoms with van der Waals surface area (Å²) >= 11 is 0. The van der Waals surface area contributed by atoms with Crippen LogP contribution in [-0.2, 0) is 9.53 Å². The zero-order valence-electron chi connectivity index (χ0n) is 13.5. The topological polar surface area (TPSA) is 76.1 Å². The molecule has 0 saturated carbocycles. The maximum Gasteiger partial charge on any atom is 0.308 e. The number of hydrogen-bond donors (Lipinski definition) is 1. The van der Waals surface area contributed by atoms with Gasteiger partial charge in [-0.3, -0.25) is 9.59 Å². The molecule has 1 aromatic carbocycles. The standard InChI is InChI=1S/C17H23NO5/c1-12-8-14(17(20)21)11-18(10-12)16(19)13-4-3-5-15(9-13)23-7-6-22-2/h3-5,9,12,14H,6-8,10-11H2,1-2H3,(H,20,21). The summed E-state index contributed by atoms with van der Waals surface area (Å²) in [4.78, 5) is 25.5. The fourth-order valence-electron chi connectivity index (χ4n) is 2.84. The average Bonchev–Trinajstić information content (AvgIpc) is 2.54. The van der Waals surface area contributed by atoms with E-state index >= 15 is 0 Å². The first-order chi connectivity index (χ1) is 11.0. The van der Waals surface area contributed by atoms with Crippen LogP contribution in [0.5, 0.6) is 5.75 Å². The van der Waals surface area contributed by atoms with E-state index in [-0.39, 0.29) is 18.4 Å². The molecule has 23 heavy (non-hydrogen) atoms. The number of ether oxygens (including phenoxy) is 2. The van der Waals surface area contributed by atoms with Crippen LogP contribution in [0.1, 0.15) is 23.7 Å². The van der Waals surface area contributed by atoms with Gasteiger partial charge in [0, 0.05) is 25.8 Å². The molecule has 2 atom stereocenters. The lowest BCUT2D eigenvalue weighted by molar-refractivity contribution is -0.143. The number of carbonyl (C=O) groups excluding carboxylic acids is 1. The van der Waals surface area contributed by atoms with Crippen molar-refractivity contribution in [3.63, 3.8) is 0 Å². The van der Waals surface area contributed by atoms with Gasteiger partial charge < -0.3 is 19.5 Å². The molecule has 1 aliphatic heterocycles. The van der Waals surface area contributed by atoms with Crippen molar-refractivity contribution in [2.45, 2.75) is 13.3 Å². The lowest BCUT2D eigenvalue weighted by Gasteiger charge is -2.34. The van der Waals surface area contributed by atoms with Crippen LogP contribution < -0.4 is 4.74 Å². The molecule has 1 aromatic rings. The maximum absolute atomic E-state index is 12.6. The minimum Gasteiger partial charge on any atom is -0.491 e. The SMILES string of the molecule is COCCOc1cccc(C(=O)N2CC(C)CC(C(=O)O)C2)c1. The second-order valence-corrected chi connectivity index (χ2v) is 5.96. The third kappa shape index (κ3) is 4.69. The molecular weight excluding hydrogens is 298 g/mol. The van der Waals surface area contributed by atoms with E-state index in [1.165, 1.54) is 0 Å². The van der Waals surface area contributed by atoms with Crippen LogP contribution in [-0.4, -0.2) is 55.3 Å². The molecule has 1 saturated heterocycles. The molecule has 0 bridgehead atoms. The Balaban J connectivity index is 2.07. The quantitative estimate of drug-likeness (QED) is 0.810. The second kappa shape index (κ2) is 7.97. The summed E-state index contributed by atoms with van der Waals surface area (Å²) in [6.07, 6.45) is 0.610. The summed E-state index contributed by atoms with van der Waals surface area (Å²) in [6, 6.07) is 6.95. The van der Waals surface area contributed by atoms with Crippen molar-refractivity contribution in [3.8, 4) is 5.75 Å². The Labute approximate surface area is 136 Å². The average molecular weight is 321 g/mol. The summed E-state index contributed by atoms with van der Waals surface area (Å²) in [6.45, 7) is 3.70. The summed E-state index contributed by atoms with van der Waals surface area (Å²) < 4.78 is 10.4. The molecule has 126 valence electrons. The number of aliphatic carboxylic acids is 1. The molecule has 2 rings (SSSR count). The number of carboxylic acids is 1. The van der Waals surface area contributed by atoms with Gasteiger partial charge in [-0.2, -0.15) is 0 Å². The van der Waals surface area contributed by atoms with Gasteiger partial charge in [0.2, 0.25) is 0 Å². The van der Waals surface area contributed by atoms with Crippen molar-refractivity contribution in [3.05, 3.63) is 29.8 Å². The summed E-state index contributed by atoms with van der Waals surface area (Å²) in [5.74, 6) is -0.711. The van der Waals surface area contributed by atoms with Crippen molar-refractivity contribution < 1.29 is 24.2 Å². The Bertz CT molecular complexity index is 560. The van der Waals surface area contributed by atoms with E-state index in [0.717, 1.165) is 0 Å². The monoisotopic (exact) mass is 321 g/mol. The Kier molecular flexibility index (Phi) is 5.98. The van der Waals surface area contributed by atoms with Gasteiger partial charge >= 0.3 is 5.97 Å². The lowest BCUT2D eigenvalue weighted by atomic mass is 9.90. The normalized spacial score (nSPS) is 21.0. The van der Waals surface area contributed by atoms with Gasteiger partial charge in [-0.25, -0.2) is 0 Å². The predicted molar refractivity (Wildman–Crippen MR) is 84.6 cm³/mol. The Hall–Kier alpha value is -2.08. The van der Waals surface area contributed by atoms with E-state index in [2.05, 4.69) is 0 Å². The smallest absolute Gasteiger partial charge is 0.308 e. The van der Waals surface area contributed by atoms with Crippen LogP contribution in [0.15, 0.2) is 24.3 Å². The van der Waals surface area contributed by atoms with Crippen LogP contribution in [0.3, 0.4) is 0 Å². The number of piperidine rings is 1. The third-order valence-corrected chi connectivity index (χ3v) is 3.93. The molecular formula is C17H23NO5. The van der Waals surface area contributed by atoms with E-state index in [1.807, 2.05) is 6.92 Å². The summed E-state index contributed by atoms with van der Waals surface area (Å²) in [5.41, 5.74) is 0.512. The predicted octanol–water partition coefficient (Wildman–Crippen LogP) is 1.89. The number of amides is 1. The van der Waals surface area contributed by atoms with E-state index in [0.29, 0.717) is 37.5 Å². The highest BCUT2D eigenvalue weighted by atomic mass is 16.5.